The van der Waals surface area contributed by atoms with Crippen LogP contribution in [0.2, 0.25) is 0 Å². The van der Waals surface area contributed by atoms with Gasteiger partial charge in [0.2, 0.25) is 0 Å². The van der Waals surface area contributed by atoms with Gasteiger partial charge >= 0.3 is 5.63 Å². The van der Waals surface area contributed by atoms with E-state index in [4.69, 9.17) is 9.15 Å². The number of aryl methyl sites for hydroxylation is 1. The Kier molecular flexibility index (Phi) is 6.06. The first kappa shape index (κ1) is 20.6. The van der Waals surface area contributed by atoms with E-state index in [2.05, 4.69) is 0 Å². The Hall–Kier alpha value is -3.08. The summed E-state index contributed by atoms with van der Waals surface area (Å²) in [5.74, 6) is 0.390. The van der Waals surface area contributed by atoms with Crippen LogP contribution in [0.1, 0.15) is 38.8 Å². The van der Waals surface area contributed by atoms with Crippen LogP contribution < -0.4 is 10.4 Å². The van der Waals surface area contributed by atoms with Gasteiger partial charge in [-0.2, -0.15) is 0 Å². The number of rotatable bonds is 6. The fourth-order valence-corrected chi connectivity index (χ4v) is 3.28. The van der Waals surface area contributed by atoms with Crippen LogP contribution in [0.15, 0.2) is 63.8 Å². The minimum absolute atomic E-state index is 0.0900. The highest BCUT2D eigenvalue weighted by molar-refractivity contribution is 5.82. The maximum atomic E-state index is 12.9. The lowest BCUT2D eigenvalue weighted by Crippen LogP contribution is -2.47. The lowest BCUT2D eigenvalue weighted by molar-refractivity contribution is -0.139. The number of carbonyl (C=O) groups excluding carboxylic acids is 1. The molecule has 0 aliphatic heterocycles. The second kappa shape index (κ2) is 8.52. The molecule has 1 amide bonds. The SMILES string of the molecule is CCc1cc(=O)oc2cc(OCC(=O)N(Cc3ccccc3)C(C)(C)C)ccc12. The summed E-state index contributed by atoms with van der Waals surface area (Å²) >= 11 is 0. The van der Waals surface area contributed by atoms with Crippen molar-refractivity contribution in [1.29, 1.82) is 0 Å². The molecule has 0 N–H and O–H groups in total. The Morgan fingerprint density at radius 3 is 2.45 bits per heavy atom. The van der Waals surface area contributed by atoms with Crippen molar-refractivity contribution < 1.29 is 13.9 Å². The molecule has 1 heterocycles. The van der Waals surface area contributed by atoms with Crippen molar-refractivity contribution in [3.63, 3.8) is 0 Å². The van der Waals surface area contributed by atoms with E-state index in [1.807, 2.05) is 64.1 Å². The van der Waals surface area contributed by atoms with E-state index in [-0.39, 0.29) is 23.7 Å². The van der Waals surface area contributed by atoms with E-state index in [0.29, 0.717) is 17.9 Å². The monoisotopic (exact) mass is 393 g/mol. The molecule has 0 saturated heterocycles. The summed E-state index contributed by atoms with van der Waals surface area (Å²) in [5.41, 5.74) is 1.74. The van der Waals surface area contributed by atoms with Gasteiger partial charge in [-0.25, -0.2) is 4.79 Å². The second-order valence-corrected chi connectivity index (χ2v) is 8.03. The lowest BCUT2D eigenvalue weighted by Gasteiger charge is -2.35. The molecule has 3 rings (SSSR count). The number of carbonyl (C=O) groups is 1. The maximum absolute atomic E-state index is 12.9. The zero-order chi connectivity index (χ0) is 21.0. The third-order valence-electron chi connectivity index (χ3n) is 4.84. The lowest BCUT2D eigenvalue weighted by atomic mass is 10.0. The summed E-state index contributed by atoms with van der Waals surface area (Å²) in [6, 6.07) is 16.7. The highest BCUT2D eigenvalue weighted by Crippen LogP contribution is 2.24. The first-order chi connectivity index (χ1) is 13.8. The van der Waals surface area contributed by atoms with Crippen molar-refractivity contribution in [3.8, 4) is 5.75 Å². The molecule has 0 aliphatic carbocycles. The van der Waals surface area contributed by atoms with Gasteiger partial charge in [0.25, 0.3) is 5.91 Å². The first-order valence-corrected chi connectivity index (χ1v) is 9.82. The summed E-state index contributed by atoms with van der Waals surface area (Å²) in [7, 11) is 0. The van der Waals surface area contributed by atoms with Crippen LogP contribution in [0, 0.1) is 0 Å². The number of nitrogens with zero attached hydrogens (tertiary/aromatic N) is 1. The molecule has 0 unspecified atom stereocenters. The van der Waals surface area contributed by atoms with Crippen molar-refractivity contribution in [2.24, 2.45) is 0 Å². The van der Waals surface area contributed by atoms with Gasteiger partial charge in [-0.05, 0) is 50.5 Å². The molecule has 2 aromatic carbocycles. The van der Waals surface area contributed by atoms with Crippen LogP contribution >= 0.6 is 0 Å². The van der Waals surface area contributed by atoms with Crippen LogP contribution in [0.3, 0.4) is 0 Å². The Bertz CT molecular complexity index is 1050. The van der Waals surface area contributed by atoms with Crippen LogP contribution in [-0.4, -0.2) is 23.0 Å². The van der Waals surface area contributed by atoms with Crippen LogP contribution in [0.5, 0.6) is 5.75 Å². The summed E-state index contributed by atoms with van der Waals surface area (Å²) < 4.78 is 11.1. The molecule has 5 heteroatoms. The van der Waals surface area contributed by atoms with Crippen LogP contribution in [0.4, 0.5) is 0 Å². The molecule has 29 heavy (non-hydrogen) atoms. The van der Waals surface area contributed by atoms with Crippen molar-refractivity contribution in [1.82, 2.24) is 4.90 Å². The predicted octanol–water partition coefficient (Wildman–Crippen LogP) is 4.56. The first-order valence-electron chi connectivity index (χ1n) is 9.82. The summed E-state index contributed by atoms with van der Waals surface area (Å²) in [6.07, 6.45) is 0.737. The third-order valence-corrected chi connectivity index (χ3v) is 4.84. The fourth-order valence-electron chi connectivity index (χ4n) is 3.28. The van der Waals surface area contributed by atoms with Crippen molar-refractivity contribution in [3.05, 3.63) is 76.1 Å². The van der Waals surface area contributed by atoms with E-state index >= 15 is 0 Å². The van der Waals surface area contributed by atoms with E-state index < -0.39 is 0 Å². The quantitative estimate of drug-likeness (QED) is 0.576. The van der Waals surface area contributed by atoms with Gasteiger partial charge in [-0.1, -0.05) is 37.3 Å². The summed E-state index contributed by atoms with van der Waals surface area (Å²) in [6.45, 7) is 8.43. The molecule has 1 aromatic heterocycles. The maximum Gasteiger partial charge on any atom is 0.336 e. The standard InChI is InChI=1S/C24H27NO4/c1-5-18-13-23(27)29-21-14-19(11-12-20(18)21)28-16-22(26)25(24(2,3)4)15-17-9-7-6-8-10-17/h6-14H,5,15-16H2,1-4H3. The Balaban J connectivity index is 1.76. The summed E-state index contributed by atoms with van der Waals surface area (Å²) in [4.78, 5) is 26.5. The fraction of sp³-hybridized carbons (Fsp3) is 0.333. The molecule has 0 atom stereocenters. The van der Waals surface area contributed by atoms with Gasteiger partial charge in [0.05, 0.1) is 0 Å². The normalized spacial score (nSPS) is 11.4. The van der Waals surface area contributed by atoms with Crippen LogP contribution in [-0.2, 0) is 17.8 Å². The largest absolute Gasteiger partial charge is 0.484 e. The van der Waals surface area contributed by atoms with Gasteiger partial charge < -0.3 is 14.1 Å². The van der Waals surface area contributed by atoms with Gasteiger partial charge in [0.1, 0.15) is 11.3 Å². The zero-order valence-corrected chi connectivity index (χ0v) is 17.4. The molecule has 0 saturated carbocycles. The van der Waals surface area contributed by atoms with E-state index in [1.54, 1.807) is 17.0 Å². The zero-order valence-electron chi connectivity index (χ0n) is 17.4. The smallest absolute Gasteiger partial charge is 0.336 e. The molecule has 0 aliphatic rings. The number of hydrogen-bond acceptors (Lipinski definition) is 4. The van der Waals surface area contributed by atoms with Crippen molar-refractivity contribution in [2.75, 3.05) is 6.61 Å². The van der Waals surface area contributed by atoms with Gasteiger partial charge in [0.15, 0.2) is 6.61 Å². The Morgan fingerprint density at radius 2 is 1.79 bits per heavy atom. The number of benzene rings is 2. The molecular weight excluding hydrogens is 366 g/mol. The van der Waals surface area contributed by atoms with E-state index in [0.717, 1.165) is 22.9 Å². The molecule has 0 radical (unpaired) electrons. The minimum Gasteiger partial charge on any atom is -0.484 e. The van der Waals surface area contributed by atoms with Crippen LogP contribution in [0.25, 0.3) is 11.0 Å². The minimum atomic E-state index is -0.385. The van der Waals surface area contributed by atoms with Crippen molar-refractivity contribution in [2.45, 2.75) is 46.2 Å². The number of ether oxygens (including phenoxy) is 1. The number of fused-ring (bicyclic) bond motifs is 1. The summed E-state index contributed by atoms with van der Waals surface area (Å²) in [5, 5.41) is 0.881. The highest BCUT2D eigenvalue weighted by atomic mass is 16.5. The molecule has 152 valence electrons. The number of hydrogen-bond donors (Lipinski definition) is 0. The number of amides is 1. The Morgan fingerprint density at radius 1 is 1.07 bits per heavy atom. The third kappa shape index (κ3) is 5.05. The molecular formula is C24H27NO4. The molecule has 0 fully saturated rings. The van der Waals surface area contributed by atoms with Gasteiger partial charge in [-0.15, -0.1) is 0 Å². The average molecular weight is 393 g/mol. The molecule has 0 bridgehead atoms. The Labute approximate surface area is 170 Å². The topological polar surface area (TPSA) is 59.8 Å². The molecule has 0 spiro atoms. The molecule has 5 nitrogen and oxygen atoms in total. The highest BCUT2D eigenvalue weighted by Gasteiger charge is 2.26. The van der Waals surface area contributed by atoms with Crippen molar-refractivity contribution >= 4 is 16.9 Å². The van der Waals surface area contributed by atoms with E-state index in [9.17, 15) is 9.59 Å². The second-order valence-electron chi connectivity index (χ2n) is 8.03. The van der Waals surface area contributed by atoms with Gasteiger partial charge in [0, 0.05) is 29.6 Å². The molecule has 3 aromatic rings. The predicted molar refractivity (Wildman–Crippen MR) is 114 cm³/mol. The van der Waals surface area contributed by atoms with E-state index in [1.165, 1.54) is 6.07 Å². The average Bonchev–Trinajstić information content (AvgIpc) is 2.69. The van der Waals surface area contributed by atoms with Gasteiger partial charge in [-0.3, -0.25) is 4.79 Å².